The number of aromatic hydroxyl groups is 2. The SMILES string of the molecule is COc1cccc2c1C(=O)c1c(O)c3c(c(O)c1C2=N)C[C@@](O)(C(C)=O)C[C@@H]3O[C@H]1C[C@H](N)[C@H](O)[C@H](C)O1. The highest BCUT2D eigenvalue weighted by Gasteiger charge is 2.49. The molecule has 0 spiro atoms. The van der Waals surface area contributed by atoms with E-state index in [9.17, 15) is 30.0 Å². The van der Waals surface area contributed by atoms with Gasteiger partial charge in [-0.05, 0) is 19.9 Å². The number of ether oxygens (including phenoxy) is 3. The van der Waals surface area contributed by atoms with Crippen LogP contribution >= 0.6 is 0 Å². The summed E-state index contributed by atoms with van der Waals surface area (Å²) >= 11 is 0. The molecule has 7 N–H and O–H groups in total. The van der Waals surface area contributed by atoms with Crippen LogP contribution in [0.3, 0.4) is 0 Å². The van der Waals surface area contributed by atoms with E-state index in [1.165, 1.54) is 20.1 Å². The second-order valence-corrected chi connectivity index (χ2v) is 10.2. The summed E-state index contributed by atoms with van der Waals surface area (Å²) in [6.45, 7) is 2.83. The van der Waals surface area contributed by atoms with Gasteiger partial charge in [-0.2, -0.15) is 0 Å². The lowest BCUT2D eigenvalue weighted by atomic mass is 9.72. The third kappa shape index (κ3) is 3.81. The number of carbonyl (C=O) groups is 2. The predicted molar refractivity (Wildman–Crippen MR) is 133 cm³/mol. The van der Waals surface area contributed by atoms with Crippen molar-refractivity contribution in [1.29, 1.82) is 5.41 Å². The molecule has 2 aromatic carbocycles. The highest BCUT2D eigenvalue weighted by Crippen LogP contribution is 2.52. The van der Waals surface area contributed by atoms with E-state index in [0.29, 0.717) is 0 Å². The van der Waals surface area contributed by atoms with Crippen molar-refractivity contribution in [2.45, 2.75) is 69.4 Å². The van der Waals surface area contributed by atoms with Crippen LogP contribution in [0.15, 0.2) is 18.2 Å². The van der Waals surface area contributed by atoms with Crippen molar-refractivity contribution < 1.29 is 44.2 Å². The Balaban J connectivity index is 1.68. The Morgan fingerprint density at radius 3 is 2.55 bits per heavy atom. The molecule has 1 aliphatic heterocycles. The Morgan fingerprint density at radius 2 is 1.92 bits per heavy atom. The molecule has 2 aromatic rings. The standard InChI is InChI=1S/C27H30N2O9/c1-10-23(31)14(28)7-17(37-10)38-16-9-27(35,11(2)30)8-13-19(16)26(34)21-20(24(13)32)22(29)12-5-4-6-15(36-3)18(12)25(21)33/h4-6,10,14,16-17,23,29,31-32,34-35H,7-9,28H2,1-3H3/t10-,14-,16-,17-,23+,27-/m0/s1. The fraction of sp³-hybridized carbons (Fsp3) is 0.444. The lowest BCUT2D eigenvalue weighted by Gasteiger charge is -2.42. The van der Waals surface area contributed by atoms with E-state index < -0.39 is 59.3 Å². The van der Waals surface area contributed by atoms with Gasteiger partial charge in [0.2, 0.25) is 5.78 Å². The second kappa shape index (κ2) is 9.14. The van der Waals surface area contributed by atoms with Crippen molar-refractivity contribution in [3.8, 4) is 17.2 Å². The topological polar surface area (TPSA) is 193 Å². The molecule has 0 unspecified atom stereocenters. The lowest BCUT2D eigenvalue weighted by molar-refractivity contribution is -0.247. The van der Waals surface area contributed by atoms with Gasteiger partial charge in [0, 0.05) is 42.0 Å². The van der Waals surface area contributed by atoms with Gasteiger partial charge in [0.1, 0.15) is 22.8 Å². The van der Waals surface area contributed by atoms with E-state index in [4.69, 9.17) is 25.4 Å². The monoisotopic (exact) mass is 526 g/mol. The number of aliphatic hydroxyl groups excluding tert-OH is 1. The Kier molecular flexibility index (Phi) is 6.32. The number of aliphatic hydroxyl groups is 2. The molecule has 1 saturated heterocycles. The number of carbonyl (C=O) groups excluding carboxylic acids is 2. The van der Waals surface area contributed by atoms with Crippen LogP contribution in [0, 0.1) is 5.41 Å². The van der Waals surface area contributed by atoms with Gasteiger partial charge in [0.05, 0.1) is 47.8 Å². The lowest BCUT2D eigenvalue weighted by Crippen LogP contribution is -2.52. The zero-order valence-corrected chi connectivity index (χ0v) is 21.1. The van der Waals surface area contributed by atoms with Crippen molar-refractivity contribution >= 4 is 17.3 Å². The van der Waals surface area contributed by atoms with E-state index in [1.807, 2.05) is 0 Å². The maximum absolute atomic E-state index is 13.7. The molecule has 0 bridgehead atoms. The molecule has 1 fully saturated rings. The zero-order chi connectivity index (χ0) is 27.7. The van der Waals surface area contributed by atoms with Gasteiger partial charge in [-0.25, -0.2) is 0 Å². The number of hydrogen-bond donors (Lipinski definition) is 6. The van der Waals surface area contributed by atoms with Crippen molar-refractivity contribution in [3.63, 3.8) is 0 Å². The molecule has 38 heavy (non-hydrogen) atoms. The highest BCUT2D eigenvalue weighted by atomic mass is 16.7. The normalized spacial score (nSPS) is 30.3. The van der Waals surface area contributed by atoms with Crippen LogP contribution in [0.25, 0.3) is 0 Å². The summed E-state index contributed by atoms with van der Waals surface area (Å²) in [6.07, 6.45) is -4.33. The molecule has 6 atom stereocenters. The van der Waals surface area contributed by atoms with Crippen molar-refractivity contribution in [2.24, 2.45) is 5.73 Å². The van der Waals surface area contributed by atoms with Gasteiger partial charge < -0.3 is 40.4 Å². The average Bonchev–Trinajstić information content (AvgIpc) is 2.87. The van der Waals surface area contributed by atoms with Gasteiger partial charge >= 0.3 is 0 Å². The molecule has 1 heterocycles. The minimum Gasteiger partial charge on any atom is -0.507 e. The molecule has 0 radical (unpaired) electrons. The van der Waals surface area contributed by atoms with Crippen LogP contribution in [0.4, 0.5) is 0 Å². The maximum Gasteiger partial charge on any atom is 0.202 e. The van der Waals surface area contributed by atoms with E-state index in [-0.39, 0.29) is 64.1 Å². The Morgan fingerprint density at radius 1 is 1.21 bits per heavy atom. The highest BCUT2D eigenvalue weighted by molar-refractivity contribution is 6.32. The van der Waals surface area contributed by atoms with Gasteiger partial charge in [-0.1, -0.05) is 12.1 Å². The maximum atomic E-state index is 13.7. The molecular formula is C27H30N2O9. The second-order valence-electron chi connectivity index (χ2n) is 10.2. The number of ketones is 2. The van der Waals surface area contributed by atoms with Crippen LogP contribution in [0.1, 0.15) is 71.0 Å². The molecule has 2 aliphatic carbocycles. The van der Waals surface area contributed by atoms with Gasteiger partial charge in [0.15, 0.2) is 12.1 Å². The van der Waals surface area contributed by atoms with Crippen LogP contribution in [-0.2, 0) is 20.7 Å². The quantitative estimate of drug-likeness (QED) is 0.269. The summed E-state index contributed by atoms with van der Waals surface area (Å²) in [4.78, 5) is 26.2. The number of rotatable bonds is 4. The van der Waals surface area contributed by atoms with Gasteiger partial charge in [-0.3, -0.25) is 15.0 Å². The Bertz CT molecular complexity index is 1360. The van der Waals surface area contributed by atoms with Crippen LogP contribution < -0.4 is 10.5 Å². The molecule has 3 aliphatic rings. The number of fused-ring (bicyclic) bond motifs is 3. The summed E-state index contributed by atoms with van der Waals surface area (Å²) in [5.41, 5.74) is 3.64. The number of hydrogen-bond acceptors (Lipinski definition) is 11. The van der Waals surface area contributed by atoms with Gasteiger partial charge in [0.25, 0.3) is 0 Å². The summed E-state index contributed by atoms with van der Waals surface area (Å²) in [5, 5.41) is 53.1. The molecule has 11 nitrogen and oxygen atoms in total. The third-order valence-corrected chi connectivity index (χ3v) is 7.85. The largest absolute Gasteiger partial charge is 0.507 e. The number of nitrogens with two attached hydrogens (primary N) is 1. The average molecular weight is 527 g/mol. The molecule has 202 valence electrons. The zero-order valence-electron chi connectivity index (χ0n) is 21.1. The van der Waals surface area contributed by atoms with E-state index >= 15 is 0 Å². The molecule has 0 aromatic heterocycles. The fourth-order valence-electron chi connectivity index (χ4n) is 5.70. The van der Waals surface area contributed by atoms with Crippen molar-refractivity contribution in [2.75, 3.05) is 7.11 Å². The Hall–Kier alpha value is -3.35. The van der Waals surface area contributed by atoms with Crippen molar-refractivity contribution in [3.05, 3.63) is 51.6 Å². The van der Waals surface area contributed by atoms with Crippen molar-refractivity contribution in [1.82, 2.24) is 0 Å². The van der Waals surface area contributed by atoms with Crippen LogP contribution in [0.5, 0.6) is 17.2 Å². The summed E-state index contributed by atoms with van der Waals surface area (Å²) < 4.78 is 17.2. The first-order valence-corrected chi connectivity index (χ1v) is 12.3. The summed E-state index contributed by atoms with van der Waals surface area (Å²) in [5.74, 6) is -2.06. The minimum absolute atomic E-state index is 0.00714. The number of benzene rings is 2. The molecule has 0 saturated carbocycles. The van der Waals surface area contributed by atoms with E-state index in [2.05, 4.69) is 0 Å². The minimum atomic E-state index is -1.96. The number of phenols is 2. The summed E-state index contributed by atoms with van der Waals surface area (Å²) in [6, 6.07) is 4.02. The molecular weight excluding hydrogens is 496 g/mol. The van der Waals surface area contributed by atoms with E-state index in [1.54, 1.807) is 19.1 Å². The third-order valence-electron chi connectivity index (χ3n) is 7.85. The van der Waals surface area contributed by atoms with E-state index in [0.717, 1.165) is 0 Å². The van der Waals surface area contributed by atoms with Crippen LogP contribution in [0.2, 0.25) is 0 Å². The number of nitrogens with one attached hydrogen (secondary N) is 1. The number of phenolic OH excluding ortho intramolecular Hbond substituents is 2. The number of Topliss-reactive ketones (excluding diaryl/α,β-unsaturated/α-hetero) is 1. The predicted octanol–water partition coefficient (Wildman–Crippen LogP) is 1.21. The molecule has 11 heteroatoms. The first-order valence-electron chi connectivity index (χ1n) is 12.3. The first kappa shape index (κ1) is 26.3. The Labute approximate surface area is 218 Å². The van der Waals surface area contributed by atoms with Crippen LogP contribution in [-0.4, -0.2) is 75.0 Å². The molecule has 5 rings (SSSR count). The fourth-order valence-corrected chi connectivity index (χ4v) is 5.70. The smallest absolute Gasteiger partial charge is 0.202 e. The summed E-state index contributed by atoms with van der Waals surface area (Å²) in [7, 11) is 1.38. The first-order chi connectivity index (χ1) is 17.9. The molecule has 0 amide bonds. The number of methoxy groups -OCH3 is 1. The van der Waals surface area contributed by atoms with Gasteiger partial charge in [-0.15, -0.1) is 0 Å².